The van der Waals surface area contributed by atoms with E-state index in [4.69, 9.17) is 12.8 Å². The van der Waals surface area contributed by atoms with Gasteiger partial charge in [-0.2, -0.15) is 0 Å². The van der Waals surface area contributed by atoms with Gasteiger partial charge in [0.1, 0.15) is 0 Å². The quantitative estimate of drug-likeness (QED) is 0.0974. The molecule has 3 aromatic carbocycles. The van der Waals surface area contributed by atoms with Crippen LogP contribution in [0.15, 0.2) is 168 Å². The second kappa shape index (κ2) is 24.0. The lowest BCUT2D eigenvalue weighted by Gasteiger charge is -2.44. The molecular formula is C58H61NS. The van der Waals surface area contributed by atoms with Crippen molar-refractivity contribution in [2.45, 2.75) is 86.6 Å². The number of benzene rings is 3. The van der Waals surface area contributed by atoms with E-state index in [1.807, 2.05) is 75.4 Å². The van der Waals surface area contributed by atoms with Gasteiger partial charge in [0.25, 0.3) is 0 Å². The third kappa shape index (κ3) is 12.6. The van der Waals surface area contributed by atoms with Crippen LogP contribution in [-0.2, 0) is 6.42 Å². The molecule has 7 rings (SSSR count). The number of fused-ring (bicyclic) bond motifs is 1. The molecule has 1 aromatic heterocycles. The molecule has 1 atom stereocenters. The summed E-state index contributed by atoms with van der Waals surface area (Å²) in [5.41, 5.74) is 17.5. The number of hydrogen-bond acceptors (Lipinski definition) is 2. The van der Waals surface area contributed by atoms with Crippen molar-refractivity contribution in [3.05, 3.63) is 206 Å². The van der Waals surface area contributed by atoms with Gasteiger partial charge in [-0.25, -0.2) is 0 Å². The maximum absolute atomic E-state index is 5.88. The van der Waals surface area contributed by atoms with Crippen molar-refractivity contribution < 1.29 is 0 Å². The van der Waals surface area contributed by atoms with Gasteiger partial charge in [0, 0.05) is 28.2 Å². The first kappa shape index (κ1) is 46.4. The average molecular weight is 804 g/mol. The van der Waals surface area contributed by atoms with E-state index < -0.39 is 0 Å². The van der Waals surface area contributed by atoms with Crippen LogP contribution in [0.5, 0.6) is 0 Å². The molecule has 3 aliphatic rings. The lowest BCUT2D eigenvalue weighted by molar-refractivity contribution is 0.569. The molecule has 0 spiro atoms. The predicted molar refractivity (Wildman–Crippen MR) is 268 cm³/mol. The number of terminal acetylenes is 2. The fraction of sp³-hybridized carbons (Fsp3) is 0.224. The normalized spacial score (nSPS) is 16.3. The first-order valence-electron chi connectivity index (χ1n) is 21.0. The van der Waals surface area contributed by atoms with Gasteiger partial charge in [0.05, 0.1) is 5.54 Å². The molecule has 0 bridgehead atoms. The van der Waals surface area contributed by atoms with Gasteiger partial charge in [-0.15, -0.1) is 35.8 Å². The Balaban J connectivity index is 0.000000363. The van der Waals surface area contributed by atoms with Crippen molar-refractivity contribution in [3.63, 3.8) is 0 Å². The van der Waals surface area contributed by atoms with Crippen LogP contribution in [0.4, 0.5) is 11.4 Å². The number of allylic oxidation sites excluding steroid dienone is 13. The Labute approximate surface area is 366 Å². The number of hydrogen-bond donors (Lipinski definition) is 0. The molecule has 0 N–H and O–H groups in total. The molecule has 0 saturated heterocycles. The zero-order chi connectivity index (χ0) is 43.3. The summed E-state index contributed by atoms with van der Waals surface area (Å²) in [7, 11) is 0. The van der Waals surface area contributed by atoms with E-state index in [0.717, 1.165) is 36.1 Å². The van der Waals surface area contributed by atoms with Crippen molar-refractivity contribution in [2.24, 2.45) is 0 Å². The van der Waals surface area contributed by atoms with Crippen LogP contribution in [0.1, 0.15) is 99.1 Å². The second-order valence-corrected chi connectivity index (χ2v) is 15.7. The number of thiophene rings is 1. The SMILES string of the molecule is C#CC/C=C\c1cc(N(c2ccc(/C(C#C)=C/C=C\C)cc2)C2(C)C=CC(c3cccs3)=CC2)c2c(c1C)C=CCC2.CC.CC1=C(C)C=CC=C=C1.Cc1ccccc1. The van der Waals surface area contributed by atoms with Crippen LogP contribution < -0.4 is 4.90 Å². The molecule has 60 heavy (non-hydrogen) atoms. The highest BCUT2D eigenvalue weighted by Crippen LogP contribution is 2.45. The van der Waals surface area contributed by atoms with Gasteiger partial charge in [-0.3, -0.25) is 0 Å². The van der Waals surface area contributed by atoms with E-state index >= 15 is 0 Å². The molecule has 1 heterocycles. The summed E-state index contributed by atoms with van der Waals surface area (Å²) in [5, 5.41) is 2.14. The van der Waals surface area contributed by atoms with E-state index in [9.17, 15) is 0 Å². The molecule has 0 aliphatic heterocycles. The second-order valence-electron chi connectivity index (χ2n) is 14.8. The topological polar surface area (TPSA) is 3.24 Å². The van der Waals surface area contributed by atoms with Crippen molar-refractivity contribution in [2.75, 3.05) is 4.90 Å². The Morgan fingerprint density at radius 2 is 1.70 bits per heavy atom. The molecule has 0 fully saturated rings. The first-order chi connectivity index (χ1) is 29.2. The van der Waals surface area contributed by atoms with Crippen LogP contribution in [0, 0.1) is 38.5 Å². The molecule has 0 amide bonds. The van der Waals surface area contributed by atoms with Gasteiger partial charge in [0.15, 0.2) is 0 Å². The number of aryl methyl sites for hydroxylation is 1. The lowest BCUT2D eigenvalue weighted by Crippen LogP contribution is -2.43. The minimum atomic E-state index is -0.276. The summed E-state index contributed by atoms with van der Waals surface area (Å²) in [6, 6.07) is 25.7. The Morgan fingerprint density at radius 1 is 0.933 bits per heavy atom. The molecule has 0 saturated carbocycles. The van der Waals surface area contributed by atoms with Crippen LogP contribution in [-0.4, -0.2) is 5.54 Å². The fourth-order valence-corrected chi connectivity index (χ4v) is 7.79. The Hall–Kier alpha value is -6.28. The fourth-order valence-electron chi connectivity index (χ4n) is 7.04. The molecule has 2 heteroatoms. The van der Waals surface area contributed by atoms with Crippen molar-refractivity contribution in [1.82, 2.24) is 0 Å². The van der Waals surface area contributed by atoms with E-state index in [1.54, 1.807) is 11.3 Å². The van der Waals surface area contributed by atoms with Crippen LogP contribution >= 0.6 is 11.3 Å². The van der Waals surface area contributed by atoms with Crippen LogP contribution in [0.25, 0.3) is 23.3 Å². The number of rotatable bonds is 8. The smallest absolute Gasteiger partial charge is 0.0643 e. The Kier molecular flexibility index (Phi) is 18.5. The van der Waals surface area contributed by atoms with E-state index in [0.29, 0.717) is 6.42 Å². The third-order valence-corrected chi connectivity index (χ3v) is 11.4. The van der Waals surface area contributed by atoms with Gasteiger partial charge in [-0.05, 0) is 153 Å². The lowest BCUT2D eigenvalue weighted by atomic mass is 9.83. The monoisotopic (exact) mass is 803 g/mol. The largest absolute Gasteiger partial charge is 0.331 e. The zero-order valence-corrected chi connectivity index (χ0v) is 37.7. The third-order valence-electron chi connectivity index (χ3n) is 10.5. The molecule has 0 radical (unpaired) electrons. The van der Waals surface area contributed by atoms with Crippen LogP contribution in [0.3, 0.4) is 0 Å². The van der Waals surface area contributed by atoms with Crippen molar-refractivity contribution >= 4 is 46.0 Å². The summed E-state index contributed by atoms with van der Waals surface area (Å²) in [4.78, 5) is 3.84. The summed E-state index contributed by atoms with van der Waals surface area (Å²) >= 11 is 1.79. The Bertz CT molecular complexity index is 2430. The highest BCUT2D eigenvalue weighted by atomic mass is 32.1. The van der Waals surface area contributed by atoms with Crippen molar-refractivity contribution in [3.8, 4) is 24.7 Å². The molecular weight excluding hydrogens is 743 g/mol. The highest BCUT2D eigenvalue weighted by molar-refractivity contribution is 7.11. The van der Waals surface area contributed by atoms with Crippen LogP contribution in [0.2, 0.25) is 0 Å². The Morgan fingerprint density at radius 3 is 2.32 bits per heavy atom. The maximum Gasteiger partial charge on any atom is 0.0643 e. The summed E-state index contributed by atoms with van der Waals surface area (Å²) < 4.78 is 0. The molecule has 1 nitrogen and oxygen atoms in total. The first-order valence-corrected chi connectivity index (χ1v) is 21.9. The van der Waals surface area contributed by atoms with Gasteiger partial charge >= 0.3 is 0 Å². The van der Waals surface area contributed by atoms with E-state index in [1.165, 1.54) is 55.1 Å². The number of nitrogens with zero attached hydrogens (tertiary/aromatic N) is 1. The summed E-state index contributed by atoms with van der Waals surface area (Å²) in [5.74, 6) is 5.59. The minimum absolute atomic E-state index is 0.276. The summed E-state index contributed by atoms with van der Waals surface area (Å²) in [6.07, 6.45) is 44.9. The average Bonchev–Trinajstić information content (AvgIpc) is 3.76. The van der Waals surface area contributed by atoms with Gasteiger partial charge in [0.2, 0.25) is 0 Å². The predicted octanol–water partition coefficient (Wildman–Crippen LogP) is 16.2. The molecule has 304 valence electrons. The zero-order valence-electron chi connectivity index (χ0n) is 36.9. The molecule has 4 aromatic rings. The molecule has 1 unspecified atom stereocenters. The maximum atomic E-state index is 5.88. The number of anilines is 2. The highest BCUT2D eigenvalue weighted by Gasteiger charge is 2.34. The molecule has 3 aliphatic carbocycles. The van der Waals surface area contributed by atoms with Gasteiger partial charge in [-0.1, -0.05) is 141 Å². The van der Waals surface area contributed by atoms with E-state index in [-0.39, 0.29) is 5.54 Å². The standard InChI is InChI=1S/C40H37NS.C9H10.C7H8.C2H6/c1-6-9-11-16-34-29-38(37-18-13-12-17-36(37)30(34)4)41(35-22-20-32(21-23-35)31(8-3)15-10-7-2)40(5)26-24-33(25-27-40)39-19-14-28-42-39;1-8-6-4-3-5-7-9(8)2;1-7-5-3-2-4-6-7;1-2/h1,3,7,10-12,14-17,19-26,28-29H,9,13,18,27H2,2,4-5H3;3-4,6-7H,1-2H3;2-6H,1H3;1-2H3/b10-7-,16-11-,31-15+;;;. The van der Waals surface area contributed by atoms with E-state index in [2.05, 4.69) is 166 Å². The summed E-state index contributed by atoms with van der Waals surface area (Å²) in [6.45, 7) is 16.8. The van der Waals surface area contributed by atoms with Crippen molar-refractivity contribution in [1.29, 1.82) is 0 Å². The van der Waals surface area contributed by atoms with Gasteiger partial charge < -0.3 is 4.90 Å². The minimum Gasteiger partial charge on any atom is -0.331 e.